The van der Waals surface area contributed by atoms with Gasteiger partial charge in [-0.05, 0) is 12.1 Å². The normalized spacial score (nSPS) is 20.5. The Balaban J connectivity index is 1.82. The van der Waals surface area contributed by atoms with E-state index in [4.69, 9.17) is 15.0 Å². The van der Waals surface area contributed by atoms with Crippen molar-refractivity contribution in [3.8, 4) is 0 Å². The van der Waals surface area contributed by atoms with Crippen molar-refractivity contribution < 1.29 is 18.8 Å². The highest BCUT2D eigenvalue weighted by Gasteiger charge is 2.43. The molecule has 0 saturated carbocycles. The smallest absolute Gasteiger partial charge is 0.270 e. The number of hydrogen-bond acceptors (Lipinski definition) is 6. The molecule has 24 heavy (non-hydrogen) atoms. The summed E-state index contributed by atoms with van der Waals surface area (Å²) in [7, 11) is 3.32. The second kappa shape index (κ2) is 6.44. The average molecular weight is 333 g/mol. The first kappa shape index (κ1) is 16.2. The molecule has 9 heteroatoms. The number of nitrogens with zero attached hydrogens (tertiary/aromatic N) is 4. The fourth-order valence-corrected chi connectivity index (χ4v) is 2.96. The summed E-state index contributed by atoms with van der Waals surface area (Å²) in [4.78, 5) is 30.3. The Bertz CT molecular complexity index is 753. The Morgan fingerprint density at radius 2 is 2.25 bits per heavy atom. The van der Waals surface area contributed by atoms with Crippen LogP contribution in [0.5, 0.6) is 0 Å². The van der Waals surface area contributed by atoms with Gasteiger partial charge in [-0.2, -0.15) is 4.98 Å². The fraction of sp³-hybridized carbons (Fsp3) is 0.467. The van der Waals surface area contributed by atoms with E-state index in [-0.39, 0.29) is 19.1 Å². The molecule has 0 spiro atoms. The van der Waals surface area contributed by atoms with Crippen LogP contribution in [-0.4, -0.2) is 51.6 Å². The van der Waals surface area contributed by atoms with Crippen LogP contribution < -0.4 is 5.73 Å². The number of methoxy groups -OCH3 is 1. The molecule has 0 unspecified atom stereocenters. The zero-order valence-corrected chi connectivity index (χ0v) is 13.5. The molecule has 0 aliphatic carbocycles. The number of nitrogens with two attached hydrogens (primary N) is 1. The fourth-order valence-electron chi connectivity index (χ4n) is 2.96. The van der Waals surface area contributed by atoms with Gasteiger partial charge >= 0.3 is 0 Å². The van der Waals surface area contributed by atoms with Crippen molar-refractivity contribution in [2.75, 3.05) is 20.2 Å². The monoisotopic (exact) mass is 333 g/mol. The number of amides is 2. The van der Waals surface area contributed by atoms with E-state index in [1.54, 1.807) is 34.8 Å². The molecule has 3 heterocycles. The van der Waals surface area contributed by atoms with Crippen LogP contribution in [0.1, 0.15) is 28.1 Å². The molecular formula is C15H19N5O4. The Kier molecular flexibility index (Phi) is 4.34. The number of carbonyl (C=O) groups is 2. The third kappa shape index (κ3) is 2.90. The lowest BCUT2D eigenvalue weighted by Gasteiger charge is -2.16. The molecule has 0 aromatic carbocycles. The van der Waals surface area contributed by atoms with Crippen LogP contribution in [0.15, 0.2) is 22.9 Å². The molecule has 128 valence electrons. The van der Waals surface area contributed by atoms with Crippen molar-refractivity contribution in [1.29, 1.82) is 0 Å². The summed E-state index contributed by atoms with van der Waals surface area (Å²) in [5.41, 5.74) is 6.05. The molecular weight excluding hydrogens is 314 g/mol. The summed E-state index contributed by atoms with van der Waals surface area (Å²) in [6.45, 7) is 0.738. The van der Waals surface area contributed by atoms with Gasteiger partial charge < -0.3 is 24.5 Å². The zero-order valence-electron chi connectivity index (χ0n) is 13.5. The maximum absolute atomic E-state index is 12.6. The van der Waals surface area contributed by atoms with Crippen LogP contribution in [0.25, 0.3) is 0 Å². The van der Waals surface area contributed by atoms with E-state index in [2.05, 4.69) is 10.1 Å². The maximum atomic E-state index is 12.6. The van der Waals surface area contributed by atoms with Crippen LogP contribution in [0, 0.1) is 5.92 Å². The van der Waals surface area contributed by atoms with Crippen LogP contribution in [0.2, 0.25) is 0 Å². The number of aromatic nitrogens is 3. The largest absolute Gasteiger partial charge is 0.377 e. The van der Waals surface area contributed by atoms with Crippen molar-refractivity contribution in [3.63, 3.8) is 0 Å². The standard InChI is InChI=1S/C15H19N5O4/c1-19-5-3-4-11(19)15(22)20-6-9(13(16)21)10(7-20)14-17-12(8-23-2)18-24-14/h3-5,9-10H,6-8H2,1-2H3,(H2,16,21)/t9-,10-/m1/s1. The number of aryl methyl sites for hydroxylation is 1. The number of ether oxygens (including phenoxy) is 1. The zero-order chi connectivity index (χ0) is 17.3. The van der Waals surface area contributed by atoms with E-state index in [9.17, 15) is 9.59 Å². The quantitative estimate of drug-likeness (QED) is 0.816. The lowest BCUT2D eigenvalue weighted by molar-refractivity contribution is -0.121. The number of carbonyl (C=O) groups excluding carboxylic acids is 2. The topological polar surface area (TPSA) is 116 Å². The van der Waals surface area contributed by atoms with Gasteiger partial charge in [0.15, 0.2) is 5.82 Å². The van der Waals surface area contributed by atoms with E-state index < -0.39 is 17.7 Å². The summed E-state index contributed by atoms with van der Waals surface area (Å²) in [5, 5.41) is 3.81. The minimum absolute atomic E-state index is 0.159. The number of primary amides is 1. The molecule has 3 rings (SSSR count). The van der Waals surface area contributed by atoms with Crippen LogP contribution in [0.4, 0.5) is 0 Å². The van der Waals surface area contributed by atoms with Crippen LogP contribution in [0.3, 0.4) is 0 Å². The first-order valence-corrected chi connectivity index (χ1v) is 7.52. The molecule has 2 aromatic heterocycles. The number of hydrogen-bond donors (Lipinski definition) is 1. The minimum atomic E-state index is -0.565. The Morgan fingerprint density at radius 3 is 2.88 bits per heavy atom. The van der Waals surface area contributed by atoms with E-state index in [0.29, 0.717) is 24.0 Å². The molecule has 1 saturated heterocycles. The van der Waals surface area contributed by atoms with Crippen molar-refractivity contribution in [3.05, 3.63) is 35.7 Å². The van der Waals surface area contributed by atoms with Crippen molar-refractivity contribution in [2.24, 2.45) is 18.7 Å². The summed E-state index contributed by atoms with van der Waals surface area (Å²) in [6, 6.07) is 3.53. The highest BCUT2D eigenvalue weighted by atomic mass is 16.5. The Labute approximate surface area is 138 Å². The minimum Gasteiger partial charge on any atom is -0.377 e. The molecule has 2 N–H and O–H groups in total. The molecule has 2 amide bonds. The molecule has 2 aromatic rings. The second-order valence-corrected chi connectivity index (χ2v) is 5.81. The molecule has 0 radical (unpaired) electrons. The molecule has 2 atom stereocenters. The molecule has 0 bridgehead atoms. The first-order chi connectivity index (χ1) is 11.5. The Hall–Kier alpha value is -2.68. The van der Waals surface area contributed by atoms with Gasteiger partial charge in [-0.15, -0.1) is 0 Å². The van der Waals surface area contributed by atoms with Gasteiger partial charge in [0, 0.05) is 33.4 Å². The first-order valence-electron chi connectivity index (χ1n) is 7.52. The van der Waals surface area contributed by atoms with Gasteiger partial charge in [-0.1, -0.05) is 5.16 Å². The van der Waals surface area contributed by atoms with E-state index >= 15 is 0 Å². The SMILES string of the molecule is COCc1noc([C@@H]2CN(C(=O)c3cccn3C)C[C@H]2C(N)=O)n1. The summed E-state index contributed by atoms with van der Waals surface area (Å²) < 4.78 is 11.9. The lowest BCUT2D eigenvalue weighted by Crippen LogP contribution is -2.32. The van der Waals surface area contributed by atoms with E-state index in [0.717, 1.165) is 0 Å². The van der Waals surface area contributed by atoms with Gasteiger partial charge in [0.2, 0.25) is 11.8 Å². The third-order valence-corrected chi connectivity index (χ3v) is 4.21. The highest BCUT2D eigenvalue weighted by Crippen LogP contribution is 2.32. The summed E-state index contributed by atoms with van der Waals surface area (Å²) >= 11 is 0. The third-order valence-electron chi connectivity index (χ3n) is 4.21. The van der Waals surface area contributed by atoms with Gasteiger partial charge in [0.1, 0.15) is 12.3 Å². The van der Waals surface area contributed by atoms with Gasteiger partial charge in [0.05, 0.1) is 11.8 Å². The van der Waals surface area contributed by atoms with Gasteiger partial charge in [-0.25, -0.2) is 0 Å². The van der Waals surface area contributed by atoms with Crippen molar-refractivity contribution in [1.82, 2.24) is 19.6 Å². The molecule has 1 fully saturated rings. The lowest BCUT2D eigenvalue weighted by atomic mass is 9.95. The summed E-state index contributed by atoms with van der Waals surface area (Å²) in [5.74, 6) is -0.938. The maximum Gasteiger partial charge on any atom is 0.270 e. The number of likely N-dealkylation sites (tertiary alicyclic amines) is 1. The molecule has 1 aliphatic heterocycles. The Morgan fingerprint density at radius 1 is 1.46 bits per heavy atom. The predicted molar refractivity (Wildman–Crippen MR) is 81.8 cm³/mol. The van der Waals surface area contributed by atoms with Crippen molar-refractivity contribution in [2.45, 2.75) is 12.5 Å². The molecule has 9 nitrogen and oxygen atoms in total. The van der Waals surface area contributed by atoms with Crippen molar-refractivity contribution >= 4 is 11.8 Å². The van der Waals surface area contributed by atoms with Gasteiger partial charge in [0.25, 0.3) is 5.91 Å². The average Bonchev–Trinajstić information content (AvgIpc) is 3.25. The number of rotatable bonds is 5. The second-order valence-electron chi connectivity index (χ2n) is 5.81. The van der Waals surface area contributed by atoms with E-state index in [1.165, 1.54) is 7.11 Å². The van der Waals surface area contributed by atoms with Crippen LogP contribution in [-0.2, 0) is 23.2 Å². The summed E-state index contributed by atoms with van der Waals surface area (Å²) in [6.07, 6.45) is 1.79. The van der Waals surface area contributed by atoms with Gasteiger partial charge in [-0.3, -0.25) is 9.59 Å². The predicted octanol–water partition coefficient (Wildman–Crippen LogP) is -0.104. The van der Waals surface area contributed by atoms with E-state index in [1.807, 2.05) is 0 Å². The van der Waals surface area contributed by atoms with Crippen LogP contribution >= 0.6 is 0 Å². The molecule has 1 aliphatic rings. The highest BCUT2D eigenvalue weighted by molar-refractivity contribution is 5.93.